The van der Waals surface area contributed by atoms with Crippen molar-refractivity contribution >= 4 is 5.91 Å². The number of carbonyl (C=O) groups excluding carboxylic acids is 1. The molecule has 0 rings (SSSR count). The van der Waals surface area contributed by atoms with E-state index in [2.05, 4.69) is 5.32 Å². The fraction of sp³-hybridized carbons (Fsp3) is 0.889. The van der Waals surface area contributed by atoms with Crippen molar-refractivity contribution in [2.24, 2.45) is 0 Å². The lowest BCUT2D eigenvalue weighted by atomic mass is 10.1. The number of hydrogen-bond acceptors (Lipinski definition) is 2. The number of amides is 1. The third-order valence-corrected chi connectivity index (χ3v) is 1.74. The van der Waals surface area contributed by atoms with Crippen LogP contribution in [0.3, 0.4) is 0 Å². The van der Waals surface area contributed by atoms with Crippen molar-refractivity contribution in [2.45, 2.75) is 51.4 Å². The maximum Gasteiger partial charge on any atom is 0.389 e. The molecule has 0 bridgehead atoms. The number of nitrogens with one attached hydrogen (secondary N) is 1. The van der Waals surface area contributed by atoms with Crippen molar-refractivity contribution in [3.8, 4) is 0 Å². The molecule has 2 atom stereocenters. The highest BCUT2D eigenvalue weighted by molar-refractivity contribution is 5.76. The molecule has 0 aromatic carbocycles. The van der Waals surface area contributed by atoms with E-state index in [0.29, 0.717) is 6.42 Å². The third-order valence-electron chi connectivity index (χ3n) is 1.74. The van der Waals surface area contributed by atoms with Crippen LogP contribution in [0, 0.1) is 0 Å². The molecule has 0 fully saturated rings. The van der Waals surface area contributed by atoms with Crippen LogP contribution < -0.4 is 5.32 Å². The Morgan fingerprint density at radius 2 is 1.93 bits per heavy atom. The summed E-state index contributed by atoms with van der Waals surface area (Å²) in [5, 5.41) is 11.3. The molecule has 15 heavy (non-hydrogen) atoms. The Balaban J connectivity index is 3.74. The molecule has 0 aliphatic rings. The summed E-state index contributed by atoms with van der Waals surface area (Å²) in [6.45, 7) is 3.19. The van der Waals surface area contributed by atoms with Gasteiger partial charge in [-0.3, -0.25) is 4.79 Å². The Morgan fingerprint density at radius 3 is 2.33 bits per heavy atom. The molecule has 0 aliphatic carbocycles. The van der Waals surface area contributed by atoms with Crippen LogP contribution in [0.25, 0.3) is 0 Å². The molecule has 2 unspecified atom stereocenters. The Hall–Kier alpha value is -0.780. The van der Waals surface area contributed by atoms with Crippen LogP contribution in [0.5, 0.6) is 0 Å². The highest BCUT2D eigenvalue weighted by atomic mass is 19.4. The van der Waals surface area contributed by atoms with E-state index in [4.69, 9.17) is 5.11 Å². The molecule has 0 aromatic heterocycles. The topological polar surface area (TPSA) is 49.3 Å². The minimum absolute atomic E-state index is 0.314. The standard InChI is InChI=1S/C9H16F3NO2/c1-6(5-7(2)14)13-8(15)3-4-9(10,11)12/h6-7,14H,3-5H2,1-2H3,(H,13,15). The smallest absolute Gasteiger partial charge is 0.389 e. The maximum atomic E-state index is 11.7. The lowest BCUT2D eigenvalue weighted by Gasteiger charge is -2.15. The number of hydrogen-bond donors (Lipinski definition) is 2. The molecule has 0 saturated heterocycles. The molecule has 2 N–H and O–H groups in total. The Labute approximate surface area is 86.7 Å². The van der Waals surface area contributed by atoms with Gasteiger partial charge in [-0.2, -0.15) is 13.2 Å². The van der Waals surface area contributed by atoms with Gasteiger partial charge >= 0.3 is 6.18 Å². The van der Waals surface area contributed by atoms with E-state index in [-0.39, 0.29) is 6.04 Å². The van der Waals surface area contributed by atoms with Gasteiger partial charge in [0.05, 0.1) is 12.5 Å². The summed E-state index contributed by atoms with van der Waals surface area (Å²) in [6, 6.07) is -0.314. The van der Waals surface area contributed by atoms with E-state index < -0.39 is 31.0 Å². The molecule has 0 aliphatic heterocycles. The molecule has 6 heteroatoms. The molecule has 0 aromatic rings. The van der Waals surface area contributed by atoms with Crippen molar-refractivity contribution in [1.82, 2.24) is 5.32 Å². The molecule has 0 saturated carbocycles. The molecule has 3 nitrogen and oxygen atoms in total. The predicted molar refractivity (Wildman–Crippen MR) is 49.2 cm³/mol. The van der Waals surface area contributed by atoms with Crippen molar-refractivity contribution in [2.75, 3.05) is 0 Å². The van der Waals surface area contributed by atoms with Gasteiger partial charge in [0.25, 0.3) is 0 Å². The number of carbonyl (C=O) groups is 1. The van der Waals surface area contributed by atoms with Crippen molar-refractivity contribution in [1.29, 1.82) is 0 Å². The predicted octanol–water partition coefficient (Wildman–Crippen LogP) is 1.60. The Morgan fingerprint density at radius 1 is 1.40 bits per heavy atom. The van der Waals surface area contributed by atoms with Gasteiger partial charge in [-0.05, 0) is 20.3 Å². The number of aliphatic hydroxyl groups is 1. The monoisotopic (exact) mass is 227 g/mol. The van der Waals surface area contributed by atoms with Crippen LogP contribution in [-0.4, -0.2) is 29.3 Å². The van der Waals surface area contributed by atoms with E-state index in [1.54, 1.807) is 13.8 Å². The lowest BCUT2D eigenvalue weighted by molar-refractivity contribution is -0.144. The van der Waals surface area contributed by atoms with Gasteiger partial charge in [-0.25, -0.2) is 0 Å². The van der Waals surface area contributed by atoms with Crippen LogP contribution in [-0.2, 0) is 4.79 Å². The van der Waals surface area contributed by atoms with E-state index in [1.807, 2.05) is 0 Å². The highest BCUT2D eigenvalue weighted by Gasteiger charge is 2.28. The maximum absolute atomic E-state index is 11.7. The summed E-state index contributed by atoms with van der Waals surface area (Å²) in [5.41, 5.74) is 0. The average Bonchev–Trinajstić information content (AvgIpc) is 1.97. The second-order valence-corrected chi connectivity index (χ2v) is 3.67. The van der Waals surface area contributed by atoms with Gasteiger partial charge in [0.2, 0.25) is 5.91 Å². The van der Waals surface area contributed by atoms with E-state index in [0.717, 1.165) is 0 Å². The van der Waals surface area contributed by atoms with Crippen LogP contribution in [0.4, 0.5) is 13.2 Å². The molecule has 0 spiro atoms. The third kappa shape index (κ3) is 9.52. The lowest BCUT2D eigenvalue weighted by Crippen LogP contribution is -2.35. The van der Waals surface area contributed by atoms with Crippen LogP contribution in [0.15, 0.2) is 0 Å². The minimum Gasteiger partial charge on any atom is -0.393 e. The first kappa shape index (κ1) is 14.2. The van der Waals surface area contributed by atoms with E-state index in [9.17, 15) is 18.0 Å². The first-order valence-electron chi connectivity index (χ1n) is 4.75. The second-order valence-electron chi connectivity index (χ2n) is 3.67. The Bertz CT molecular complexity index is 204. The van der Waals surface area contributed by atoms with Gasteiger partial charge in [0.15, 0.2) is 0 Å². The number of halogens is 3. The number of alkyl halides is 3. The van der Waals surface area contributed by atoms with E-state index in [1.165, 1.54) is 0 Å². The van der Waals surface area contributed by atoms with Gasteiger partial charge in [-0.15, -0.1) is 0 Å². The van der Waals surface area contributed by atoms with Crippen LogP contribution in [0.2, 0.25) is 0 Å². The second kappa shape index (κ2) is 5.95. The SMILES string of the molecule is CC(O)CC(C)NC(=O)CCC(F)(F)F. The molecule has 1 amide bonds. The zero-order valence-electron chi connectivity index (χ0n) is 8.77. The largest absolute Gasteiger partial charge is 0.393 e. The summed E-state index contributed by atoms with van der Waals surface area (Å²) in [7, 11) is 0. The summed E-state index contributed by atoms with van der Waals surface area (Å²) < 4.78 is 35.2. The highest BCUT2D eigenvalue weighted by Crippen LogP contribution is 2.21. The minimum atomic E-state index is -4.30. The van der Waals surface area contributed by atoms with Gasteiger partial charge < -0.3 is 10.4 Å². The Kier molecular flexibility index (Phi) is 5.64. The molecule has 0 heterocycles. The zero-order valence-corrected chi connectivity index (χ0v) is 8.77. The summed E-state index contributed by atoms with van der Waals surface area (Å²) >= 11 is 0. The van der Waals surface area contributed by atoms with Crippen LogP contribution in [0.1, 0.15) is 33.1 Å². The average molecular weight is 227 g/mol. The zero-order chi connectivity index (χ0) is 12.1. The summed E-state index contributed by atoms with van der Waals surface area (Å²) in [6.07, 6.45) is -6.22. The first-order valence-corrected chi connectivity index (χ1v) is 4.75. The molecular formula is C9H16F3NO2. The number of rotatable bonds is 5. The fourth-order valence-corrected chi connectivity index (χ4v) is 1.17. The molecular weight excluding hydrogens is 211 g/mol. The van der Waals surface area contributed by atoms with Crippen molar-refractivity contribution < 1.29 is 23.1 Å². The first-order chi connectivity index (χ1) is 6.70. The molecule has 0 radical (unpaired) electrons. The van der Waals surface area contributed by atoms with Gasteiger partial charge in [0.1, 0.15) is 0 Å². The van der Waals surface area contributed by atoms with Crippen LogP contribution >= 0.6 is 0 Å². The normalized spacial score (nSPS) is 15.9. The van der Waals surface area contributed by atoms with Gasteiger partial charge in [-0.1, -0.05) is 0 Å². The quantitative estimate of drug-likeness (QED) is 0.749. The fourth-order valence-electron chi connectivity index (χ4n) is 1.17. The summed E-state index contributed by atoms with van der Waals surface area (Å²) in [5.74, 6) is -0.638. The molecule has 90 valence electrons. The number of aliphatic hydroxyl groups excluding tert-OH is 1. The summed E-state index contributed by atoms with van der Waals surface area (Å²) in [4.78, 5) is 11.0. The van der Waals surface area contributed by atoms with Crippen molar-refractivity contribution in [3.63, 3.8) is 0 Å². The van der Waals surface area contributed by atoms with E-state index >= 15 is 0 Å². The van der Waals surface area contributed by atoms with Crippen molar-refractivity contribution in [3.05, 3.63) is 0 Å². The van der Waals surface area contributed by atoms with Gasteiger partial charge in [0, 0.05) is 12.5 Å².